The number of carbonyl (C=O) groups is 3. The minimum Gasteiger partial charge on any atom is -0.481 e. The molecule has 0 aliphatic heterocycles. The van der Waals surface area contributed by atoms with Crippen LogP contribution >= 0.6 is 0 Å². The van der Waals surface area contributed by atoms with Gasteiger partial charge in [0.2, 0.25) is 5.95 Å². The molecule has 0 radical (unpaired) electrons. The van der Waals surface area contributed by atoms with E-state index in [1.54, 1.807) is 24.3 Å². The number of amides is 1. The lowest BCUT2D eigenvalue weighted by Gasteiger charge is -2.14. The number of hydrogen-bond donors (Lipinski definition) is 6. The summed E-state index contributed by atoms with van der Waals surface area (Å²) in [6, 6.07) is 7.24. The van der Waals surface area contributed by atoms with Gasteiger partial charge in [0.15, 0.2) is 0 Å². The second-order valence-corrected chi connectivity index (χ2v) is 7.36. The molecule has 0 saturated heterocycles. The Morgan fingerprint density at radius 3 is 2.62 bits per heavy atom. The number of nitrogens with one attached hydrogen (secondary N) is 3. The van der Waals surface area contributed by atoms with Crippen LogP contribution in [0.3, 0.4) is 0 Å². The van der Waals surface area contributed by atoms with E-state index in [0.29, 0.717) is 29.4 Å². The van der Waals surface area contributed by atoms with Crippen molar-refractivity contribution in [2.24, 2.45) is 0 Å². The fourth-order valence-corrected chi connectivity index (χ4v) is 3.34. The smallest absolute Gasteiger partial charge is 0.326 e. The van der Waals surface area contributed by atoms with Crippen molar-refractivity contribution in [3.63, 3.8) is 0 Å². The number of fused-ring (bicyclic) bond motifs is 1. The van der Waals surface area contributed by atoms with Gasteiger partial charge in [-0.15, -0.1) is 0 Å². The number of carboxylic acids is 2. The molecule has 11 nitrogen and oxygen atoms in total. The summed E-state index contributed by atoms with van der Waals surface area (Å²) < 4.78 is 0. The Kier molecular flexibility index (Phi) is 6.88. The first-order valence-electron chi connectivity index (χ1n) is 9.94. The molecule has 32 heavy (non-hydrogen) atoms. The maximum atomic E-state index is 12.4. The van der Waals surface area contributed by atoms with E-state index in [4.69, 9.17) is 10.8 Å². The zero-order valence-electron chi connectivity index (χ0n) is 17.1. The van der Waals surface area contributed by atoms with E-state index in [9.17, 15) is 24.3 Å². The zero-order valence-corrected chi connectivity index (χ0v) is 17.1. The maximum Gasteiger partial charge on any atom is 0.326 e. The van der Waals surface area contributed by atoms with Gasteiger partial charge in [0.05, 0.1) is 5.39 Å². The molecule has 3 rings (SSSR count). The van der Waals surface area contributed by atoms with Gasteiger partial charge < -0.3 is 26.2 Å². The molecule has 0 spiro atoms. The Labute approximate surface area is 181 Å². The molecule has 1 aromatic carbocycles. The molecule has 3 aromatic rings. The zero-order chi connectivity index (χ0) is 23.3. The van der Waals surface area contributed by atoms with Crippen molar-refractivity contribution in [3.05, 3.63) is 57.5 Å². The summed E-state index contributed by atoms with van der Waals surface area (Å²) in [5.41, 5.74) is 7.67. The van der Waals surface area contributed by atoms with E-state index < -0.39 is 23.9 Å². The van der Waals surface area contributed by atoms with Crippen molar-refractivity contribution in [1.29, 1.82) is 0 Å². The molecular weight excluding hydrogens is 418 g/mol. The molecule has 0 unspecified atom stereocenters. The number of benzene rings is 1. The first kappa shape index (κ1) is 22.5. The molecule has 2 aromatic heterocycles. The molecule has 1 atom stereocenters. The molecular formula is C21H23N5O6. The maximum absolute atomic E-state index is 12.4. The summed E-state index contributed by atoms with van der Waals surface area (Å²) in [7, 11) is 0. The molecule has 7 N–H and O–H groups in total. The number of anilines is 1. The highest BCUT2D eigenvalue weighted by Crippen LogP contribution is 2.14. The molecule has 2 heterocycles. The van der Waals surface area contributed by atoms with Crippen LogP contribution in [0.15, 0.2) is 35.1 Å². The third-order valence-electron chi connectivity index (χ3n) is 4.92. The first-order chi connectivity index (χ1) is 15.2. The first-order valence-corrected chi connectivity index (χ1v) is 9.94. The Balaban J connectivity index is 1.60. The van der Waals surface area contributed by atoms with Crippen LogP contribution in [0.5, 0.6) is 0 Å². The predicted octanol–water partition coefficient (Wildman–Crippen LogP) is 1.06. The fourth-order valence-electron chi connectivity index (χ4n) is 3.34. The summed E-state index contributed by atoms with van der Waals surface area (Å²) >= 11 is 0. The van der Waals surface area contributed by atoms with Crippen molar-refractivity contribution in [2.45, 2.75) is 38.1 Å². The van der Waals surface area contributed by atoms with Gasteiger partial charge in [0, 0.05) is 17.7 Å². The number of carboxylic acid groups (broad SMARTS) is 2. The van der Waals surface area contributed by atoms with Gasteiger partial charge in [-0.25, -0.2) is 4.79 Å². The second-order valence-electron chi connectivity index (χ2n) is 7.36. The molecule has 0 bridgehead atoms. The summed E-state index contributed by atoms with van der Waals surface area (Å²) in [6.45, 7) is 0. The number of carbonyl (C=O) groups excluding carboxylic acids is 1. The highest BCUT2D eigenvalue weighted by atomic mass is 16.4. The number of aromatic amines is 2. The van der Waals surface area contributed by atoms with Crippen LogP contribution in [0.25, 0.3) is 11.0 Å². The van der Waals surface area contributed by atoms with Crippen LogP contribution in [0.2, 0.25) is 0 Å². The quantitative estimate of drug-likeness (QED) is 0.269. The molecule has 11 heteroatoms. The van der Waals surface area contributed by atoms with Gasteiger partial charge in [-0.2, -0.15) is 4.98 Å². The Morgan fingerprint density at radius 1 is 1.12 bits per heavy atom. The Bertz CT molecular complexity index is 1210. The van der Waals surface area contributed by atoms with Crippen molar-refractivity contribution < 1.29 is 24.6 Å². The van der Waals surface area contributed by atoms with Gasteiger partial charge in [0.1, 0.15) is 11.7 Å². The van der Waals surface area contributed by atoms with Crippen LogP contribution in [0.1, 0.15) is 40.9 Å². The van der Waals surface area contributed by atoms with Gasteiger partial charge in [-0.1, -0.05) is 12.1 Å². The van der Waals surface area contributed by atoms with E-state index >= 15 is 0 Å². The lowest BCUT2D eigenvalue weighted by Crippen LogP contribution is -2.41. The number of nitrogens with zero attached hydrogens (tertiary/aromatic N) is 1. The van der Waals surface area contributed by atoms with Gasteiger partial charge >= 0.3 is 11.9 Å². The highest BCUT2D eigenvalue weighted by Gasteiger charge is 2.21. The van der Waals surface area contributed by atoms with E-state index in [1.807, 2.05) is 6.07 Å². The van der Waals surface area contributed by atoms with Gasteiger partial charge in [-0.05, 0) is 49.4 Å². The number of nitrogens with two attached hydrogens (primary N) is 1. The standard InChI is InChI=1S/C21H23N5O6/c22-21-25-17-14(19(30)26-21)10-13(23-17)6-2-4-11-3-1-5-12(9-11)18(29)24-15(20(31)32)7-8-16(27)28/h1,3,5,9-10,15H,2,4,6-8H2,(H,24,29)(H,27,28)(H,31,32)(H4,22,23,25,26,30)/t15-/m0/s1. The number of hydrogen-bond acceptors (Lipinski definition) is 6. The Morgan fingerprint density at radius 2 is 1.91 bits per heavy atom. The molecule has 0 fully saturated rings. The van der Waals surface area contributed by atoms with Crippen LogP contribution in [0, 0.1) is 0 Å². The highest BCUT2D eigenvalue weighted by molar-refractivity contribution is 5.96. The van der Waals surface area contributed by atoms with Crippen LogP contribution in [-0.2, 0) is 22.4 Å². The van der Waals surface area contributed by atoms with E-state index in [0.717, 1.165) is 17.7 Å². The van der Waals surface area contributed by atoms with Crippen molar-refractivity contribution >= 4 is 34.8 Å². The van der Waals surface area contributed by atoms with Crippen LogP contribution in [0.4, 0.5) is 5.95 Å². The van der Waals surface area contributed by atoms with Crippen LogP contribution < -0.4 is 16.6 Å². The molecule has 168 valence electrons. The largest absolute Gasteiger partial charge is 0.481 e. The average molecular weight is 441 g/mol. The number of aromatic nitrogens is 3. The predicted molar refractivity (Wildman–Crippen MR) is 115 cm³/mol. The molecule has 0 saturated carbocycles. The lowest BCUT2D eigenvalue weighted by atomic mass is 10.0. The normalized spacial score (nSPS) is 11.9. The van der Waals surface area contributed by atoms with Crippen molar-refractivity contribution in [3.8, 4) is 0 Å². The summed E-state index contributed by atoms with van der Waals surface area (Å²) in [4.78, 5) is 55.9. The van der Waals surface area contributed by atoms with Crippen LogP contribution in [-0.4, -0.2) is 49.1 Å². The number of aryl methyl sites for hydroxylation is 2. The van der Waals surface area contributed by atoms with Crippen molar-refractivity contribution in [2.75, 3.05) is 5.73 Å². The summed E-state index contributed by atoms with van der Waals surface area (Å²) in [5.74, 6) is -2.96. The minimum absolute atomic E-state index is 0.0408. The third kappa shape index (κ3) is 5.72. The molecule has 0 aliphatic rings. The second kappa shape index (κ2) is 9.77. The third-order valence-corrected chi connectivity index (χ3v) is 4.92. The van der Waals surface area contributed by atoms with E-state index in [1.165, 1.54) is 0 Å². The van der Waals surface area contributed by atoms with E-state index in [-0.39, 0.29) is 24.3 Å². The summed E-state index contributed by atoms with van der Waals surface area (Å²) in [6.07, 6.45) is 1.44. The van der Waals surface area contributed by atoms with E-state index in [2.05, 4.69) is 20.3 Å². The monoisotopic (exact) mass is 441 g/mol. The van der Waals surface area contributed by atoms with Gasteiger partial charge in [-0.3, -0.25) is 19.4 Å². The fraction of sp³-hybridized carbons (Fsp3) is 0.286. The SMILES string of the molecule is Nc1nc2[nH]c(CCCc3cccc(C(=O)N[C@@H](CCC(=O)O)C(=O)O)c3)cc2c(=O)[nH]1. The number of nitrogen functional groups attached to an aromatic ring is 1. The lowest BCUT2D eigenvalue weighted by molar-refractivity contribution is -0.140. The van der Waals surface area contributed by atoms with Gasteiger partial charge in [0.25, 0.3) is 11.5 Å². The molecule has 0 aliphatic carbocycles. The topological polar surface area (TPSA) is 191 Å². The Hall–Kier alpha value is -4.15. The minimum atomic E-state index is -1.29. The number of H-pyrrole nitrogens is 2. The average Bonchev–Trinajstić information content (AvgIpc) is 3.14. The van der Waals surface area contributed by atoms with Crippen molar-refractivity contribution in [1.82, 2.24) is 20.3 Å². The number of aliphatic carboxylic acids is 2. The summed E-state index contributed by atoms with van der Waals surface area (Å²) in [5, 5.41) is 20.7. The number of rotatable bonds is 10. The molecule has 1 amide bonds.